The molecule has 7 nitrogen and oxygen atoms in total. The summed E-state index contributed by atoms with van der Waals surface area (Å²) in [6.45, 7) is 7.65. The third kappa shape index (κ3) is 5.57. The molecule has 160 valence electrons. The lowest BCUT2D eigenvalue weighted by molar-refractivity contribution is -0.122. The first-order valence-corrected chi connectivity index (χ1v) is 10.7. The maximum absolute atomic E-state index is 12.1. The second-order valence-electron chi connectivity index (χ2n) is 8.06. The third-order valence-electron chi connectivity index (χ3n) is 4.98. The van der Waals surface area contributed by atoms with Gasteiger partial charge in [-0.2, -0.15) is 0 Å². The Morgan fingerprint density at radius 3 is 2.63 bits per heavy atom. The zero-order chi connectivity index (χ0) is 21.5. The van der Waals surface area contributed by atoms with E-state index in [4.69, 9.17) is 5.73 Å². The molecule has 0 aliphatic rings. The van der Waals surface area contributed by atoms with E-state index in [1.54, 1.807) is 0 Å². The minimum Gasteiger partial charge on any atom is -0.369 e. The van der Waals surface area contributed by atoms with Crippen LogP contribution in [0.2, 0.25) is 0 Å². The Kier molecular flexibility index (Phi) is 7.41. The highest BCUT2D eigenvalue weighted by atomic mass is 16.2. The largest absolute Gasteiger partial charge is 0.369 e. The van der Waals surface area contributed by atoms with E-state index in [2.05, 4.69) is 41.5 Å². The molecule has 0 aliphatic carbocycles. The lowest BCUT2D eigenvalue weighted by Gasteiger charge is -2.14. The van der Waals surface area contributed by atoms with Gasteiger partial charge in [-0.15, -0.1) is 5.10 Å². The van der Waals surface area contributed by atoms with Crippen molar-refractivity contribution in [2.75, 3.05) is 11.9 Å². The van der Waals surface area contributed by atoms with Crippen molar-refractivity contribution >= 4 is 17.4 Å². The van der Waals surface area contributed by atoms with Crippen LogP contribution in [0.5, 0.6) is 0 Å². The Morgan fingerprint density at radius 2 is 1.93 bits per heavy atom. The number of rotatable bonds is 10. The van der Waals surface area contributed by atoms with Crippen LogP contribution in [0, 0.1) is 5.92 Å². The van der Waals surface area contributed by atoms with E-state index in [1.165, 1.54) is 0 Å². The van der Waals surface area contributed by atoms with Crippen LogP contribution in [-0.4, -0.2) is 33.1 Å². The molecular weight excluding hydrogens is 376 g/mol. The Morgan fingerprint density at radius 1 is 1.17 bits per heavy atom. The molecular formula is C23H32N6O. The molecule has 1 amide bonds. The number of amides is 1. The highest BCUT2D eigenvalue weighted by Crippen LogP contribution is 2.21. The van der Waals surface area contributed by atoms with Gasteiger partial charge >= 0.3 is 0 Å². The van der Waals surface area contributed by atoms with Crippen LogP contribution in [0.3, 0.4) is 0 Å². The number of carbonyl (C=O) groups excluding carboxylic acids is 1. The number of nitrogens with one attached hydrogen (secondary N) is 2. The Hall–Kier alpha value is -2.93. The summed E-state index contributed by atoms with van der Waals surface area (Å²) < 4.78 is 1.86. The van der Waals surface area contributed by atoms with Gasteiger partial charge in [0.25, 0.3) is 0 Å². The number of hydrogen-bond acceptors (Lipinski definition) is 5. The fraction of sp³-hybridized carbons (Fsp3) is 0.435. The molecule has 0 spiro atoms. The molecule has 1 atom stereocenters. The van der Waals surface area contributed by atoms with Crippen molar-refractivity contribution in [3.8, 4) is 11.3 Å². The average Bonchev–Trinajstić information content (AvgIpc) is 3.15. The van der Waals surface area contributed by atoms with Crippen LogP contribution in [-0.2, 0) is 11.3 Å². The predicted octanol–water partition coefficient (Wildman–Crippen LogP) is 3.60. The van der Waals surface area contributed by atoms with Gasteiger partial charge < -0.3 is 16.4 Å². The molecule has 3 rings (SSSR count). The molecule has 30 heavy (non-hydrogen) atoms. The normalized spacial score (nSPS) is 12.3. The second-order valence-corrected chi connectivity index (χ2v) is 8.06. The maximum Gasteiger partial charge on any atom is 0.237 e. The molecule has 7 heteroatoms. The number of benzene rings is 1. The molecule has 0 saturated heterocycles. The number of unbranched alkanes of at least 4 members (excludes halogenated alkanes) is 1. The van der Waals surface area contributed by atoms with Crippen LogP contribution in [0.1, 0.15) is 45.6 Å². The maximum atomic E-state index is 12.1. The molecule has 0 bridgehead atoms. The number of nitrogens with zero attached hydrogens (tertiary/aromatic N) is 3. The number of carbonyl (C=O) groups is 1. The number of hydrogen-bond donors (Lipinski definition) is 3. The van der Waals surface area contributed by atoms with E-state index >= 15 is 0 Å². The number of anilines is 1. The molecule has 0 unspecified atom stereocenters. The molecule has 4 N–H and O–H groups in total. The van der Waals surface area contributed by atoms with Crippen molar-refractivity contribution < 1.29 is 4.79 Å². The molecule has 0 aliphatic heterocycles. The Balaban J connectivity index is 1.67. The Bertz CT molecular complexity index is 963. The fourth-order valence-electron chi connectivity index (χ4n) is 3.29. The summed E-state index contributed by atoms with van der Waals surface area (Å²) in [6, 6.07) is 11.5. The topological polar surface area (TPSA) is 97.3 Å². The fourth-order valence-corrected chi connectivity index (χ4v) is 3.29. The van der Waals surface area contributed by atoms with Gasteiger partial charge in [-0.25, -0.2) is 9.50 Å². The second kappa shape index (κ2) is 10.2. The summed E-state index contributed by atoms with van der Waals surface area (Å²) in [5, 5.41) is 11.0. The summed E-state index contributed by atoms with van der Waals surface area (Å²) in [5.41, 5.74) is 9.72. The van der Waals surface area contributed by atoms with Gasteiger partial charge in [0, 0.05) is 18.7 Å². The SMILES string of the molecule is CCCCNc1ccc2ncc(-c3ccc(CNC(=O)[C@H](N)CC(C)C)cc3)n2n1. The summed E-state index contributed by atoms with van der Waals surface area (Å²) >= 11 is 0. The van der Waals surface area contributed by atoms with Crippen LogP contribution >= 0.6 is 0 Å². The van der Waals surface area contributed by atoms with Crippen molar-refractivity contribution in [2.45, 2.75) is 52.6 Å². The van der Waals surface area contributed by atoms with E-state index < -0.39 is 6.04 Å². The molecule has 3 aromatic rings. The number of nitrogens with two attached hydrogens (primary N) is 1. The highest BCUT2D eigenvalue weighted by Gasteiger charge is 2.14. The van der Waals surface area contributed by atoms with Crippen molar-refractivity contribution in [1.29, 1.82) is 0 Å². The first-order valence-electron chi connectivity index (χ1n) is 10.7. The van der Waals surface area contributed by atoms with Crippen molar-refractivity contribution in [3.63, 3.8) is 0 Å². The number of aromatic nitrogens is 3. The zero-order valence-corrected chi connectivity index (χ0v) is 18.1. The van der Waals surface area contributed by atoms with E-state index in [9.17, 15) is 4.79 Å². The first-order chi connectivity index (χ1) is 14.5. The quantitative estimate of drug-likeness (QED) is 0.445. The Labute approximate surface area is 178 Å². The van der Waals surface area contributed by atoms with Gasteiger partial charge in [-0.05, 0) is 36.5 Å². The third-order valence-corrected chi connectivity index (χ3v) is 4.98. The average molecular weight is 409 g/mol. The standard InChI is InChI=1S/C23H32N6O/c1-4-5-12-25-21-10-11-22-26-15-20(29(22)28-21)18-8-6-17(7-9-18)14-27-23(30)19(24)13-16(2)3/h6-11,15-16,19H,4-5,12-14,24H2,1-3H3,(H,25,28)(H,27,30)/t19-/m1/s1. The number of fused-ring (bicyclic) bond motifs is 1. The van der Waals surface area contributed by atoms with Gasteiger partial charge in [0.2, 0.25) is 5.91 Å². The van der Waals surface area contributed by atoms with Gasteiger partial charge in [0.15, 0.2) is 5.65 Å². The minimum absolute atomic E-state index is 0.109. The summed E-state index contributed by atoms with van der Waals surface area (Å²) in [7, 11) is 0. The molecule has 0 saturated carbocycles. The molecule has 2 aromatic heterocycles. The highest BCUT2D eigenvalue weighted by molar-refractivity contribution is 5.81. The van der Waals surface area contributed by atoms with Crippen molar-refractivity contribution in [2.24, 2.45) is 11.7 Å². The predicted molar refractivity (Wildman–Crippen MR) is 121 cm³/mol. The monoisotopic (exact) mass is 408 g/mol. The lowest BCUT2D eigenvalue weighted by atomic mass is 10.0. The van der Waals surface area contributed by atoms with E-state index in [1.807, 2.05) is 47.1 Å². The van der Waals surface area contributed by atoms with Crippen LogP contribution < -0.4 is 16.4 Å². The minimum atomic E-state index is -0.464. The molecule has 0 radical (unpaired) electrons. The van der Waals surface area contributed by atoms with Crippen molar-refractivity contribution in [3.05, 3.63) is 48.2 Å². The summed E-state index contributed by atoms with van der Waals surface area (Å²) in [4.78, 5) is 16.6. The summed E-state index contributed by atoms with van der Waals surface area (Å²) in [5.74, 6) is 1.13. The lowest BCUT2D eigenvalue weighted by Crippen LogP contribution is -2.40. The van der Waals surface area contributed by atoms with Gasteiger partial charge in [0.05, 0.1) is 17.9 Å². The molecule has 0 fully saturated rings. The first kappa shape index (κ1) is 21.8. The van der Waals surface area contributed by atoms with Gasteiger partial charge in [-0.3, -0.25) is 4.79 Å². The van der Waals surface area contributed by atoms with E-state index in [-0.39, 0.29) is 5.91 Å². The van der Waals surface area contributed by atoms with Crippen LogP contribution in [0.4, 0.5) is 5.82 Å². The number of imidazole rings is 1. The van der Waals surface area contributed by atoms with Crippen molar-refractivity contribution in [1.82, 2.24) is 19.9 Å². The summed E-state index contributed by atoms with van der Waals surface area (Å²) in [6.07, 6.45) is 4.76. The van der Waals surface area contributed by atoms with E-state index in [0.717, 1.165) is 47.7 Å². The zero-order valence-electron chi connectivity index (χ0n) is 18.1. The van der Waals surface area contributed by atoms with Crippen LogP contribution in [0.25, 0.3) is 16.9 Å². The van der Waals surface area contributed by atoms with E-state index in [0.29, 0.717) is 18.9 Å². The smallest absolute Gasteiger partial charge is 0.237 e. The van der Waals surface area contributed by atoms with Gasteiger partial charge in [-0.1, -0.05) is 51.5 Å². The van der Waals surface area contributed by atoms with Gasteiger partial charge in [0.1, 0.15) is 5.82 Å². The molecule has 2 heterocycles. The molecule has 1 aromatic carbocycles. The van der Waals surface area contributed by atoms with Crippen LogP contribution in [0.15, 0.2) is 42.6 Å².